The first-order valence-corrected chi connectivity index (χ1v) is 6.68. The van der Waals surface area contributed by atoms with Gasteiger partial charge in [-0.15, -0.1) is 0 Å². The van der Waals surface area contributed by atoms with Gasteiger partial charge in [0.25, 0.3) is 5.91 Å². The number of hydrogen-bond donors (Lipinski definition) is 2. The quantitative estimate of drug-likeness (QED) is 0.877. The Morgan fingerprint density at radius 1 is 1.27 bits per heavy atom. The highest BCUT2D eigenvalue weighted by atomic mass is 16.5. The summed E-state index contributed by atoms with van der Waals surface area (Å²) in [6.07, 6.45) is 0. The standard InChI is InChI=1S/C15H17N3O4/c1-9-8-13(18-22-9)17-14(19)10(2)16-15(20)11-4-6-12(21-3)7-5-11/h4-8,10H,1-3H3,(H,16,20)(H,17,18,19)/t10-/m1/s1. The van der Waals surface area contributed by atoms with Crippen molar-refractivity contribution in [3.8, 4) is 5.75 Å². The van der Waals surface area contributed by atoms with E-state index in [0.29, 0.717) is 22.9 Å². The highest BCUT2D eigenvalue weighted by Gasteiger charge is 2.17. The molecule has 2 amide bonds. The Balaban J connectivity index is 1.93. The third-order valence-electron chi connectivity index (χ3n) is 2.97. The van der Waals surface area contributed by atoms with Crippen LogP contribution in [0.5, 0.6) is 5.75 Å². The van der Waals surface area contributed by atoms with Crippen molar-refractivity contribution in [2.75, 3.05) is 12.4 Å². The van der Waals surface area contributed by atoms with Gasteiger partial charge in [0, 0.05) is 11.6 Å². The van der Waals surface area contributed by atoms with E-state index in [0.717, 1.165) is 0 Å². The SMILES string of the molecule is COc1ccc(C(=O)N[C@H](C)C(=O)Nc2cc(C)on2)cc1. The first-order valence-electron chi connectivity index (χ1n) is 6.68. The Morgan fingerprint density at radius 2 is 1.95 bits per heavy atom. The van der Waals surface area contributed by atoms with E-state index in [-0.39, 0.29) is 11.8 Å². The molecule has 7 heteroatoms. The molecule has 116 valence electrons. The first kappa shape index (κ1) is 15.6. The maximum absolute atomic E-state index is 12.0. The van der Waals surface area contributed by atoms with E-state index >= 15 is 0 Å². The molecule has 0 spiro atoms. The second-order valence-corrected chi connectivity index (χ2v) is 4.74. The number of anilines is 1. The number of carbonyl (C=O) groups excluding carboxylic acids is 2. The second kappa shape index (κ2) is 6.75. The van der Waals surface area contributed by atoms with Gasteiger partial charge in [0.2, 0.25) is 5.91 Å². The van der Waals surface area contributed by atoms with E-state index in [1.807, 2.05) is 0 Å². The minimum Gasteiger partial charge on any atom is -0.497 e. The summed E-state index contributed by atoms with van der Waals surface area (Å²) in [5.74, 6) is 0.832. The molecule has 1 heterocycles. The molecule has 1 atom stereocenters. The molecule has 0 saturated carbocycles. The van der Waals surface area contributed by atoms with E-state index in [2.05, 4.69) is 15.8 Å². The van der Waals surface area contributed by atoms with Crippen LogP contribution >= 0.6 is 0 Å². The molecule has 2 N–H and O–H groups in total. The maximum atomic E-state index is 12.0. The zero-order chi connectivity index (χ0) is 16.1. The van der Waals surface area contributed by atoms with Gasteiger partial charge < -0.3 is 19.9 Å². The lowest BCUT2D eigenvalue weighted by Crippen LogP contribution is -2.41. The predicted molar refractivity (Wildman–Crippen MR) is 79.8 cm³/mol. The van der Waals surface area contributed by atoms with Gasteiger partial charge in [-0.05, 0) is 38.1 Å². The molecular formula is C15H17N3O4. The maximum Gasteiger partial charge on any atom is 0.251 e. The molecule has 0 aliphatic carbocycles. The third kappa shape index (κ3) is 3.85. The lowest BCUT2D eigenvalue weighted by atomic mass is 10.2. The molecule has 1 aromatic heterocycles. The number of ether oxygens (including phenoxy) is 1. The summed E-state index contributed by atoms with van der Waals surface area (Å²) in [6.45, 7) is 3.31. The summed E-state index contributed by atoms with van der Waals surface area (Å²) in [7, 11) is 1.55. The van der Waals surface area contributed by atoms with Gasteiger partial charge in [0.1, 0.15) is 17.6 Å². The molecule has 0 aliphatic heterocycles. The molecular weight excluding hydrogens is 286 g/mol. The fraction of sp³-hybridized carbons (Fsp3) is 0.267. The molecule has 2 rings (SSSR count). The van der Waals surface area contributed by atoms with Crippen molar-refractivity contribution < 1.29 is 18.8 Å². The van der Waals surface area contributed by atoms with Crippen LogP contribution < -0.4 is 15.4 Å². The summed E-state index contributed by atoms with van der Waals surface area (Å²) < 4.78 is 9.88. The third-order valence-corrected chi connectivity index (χ3v) is 2.97. The van der Waals surface area contributed by atoms with Crippen LogP contribution in [0.25, 0.3) is 0 Å². The van der Waals surface area contributed by atoms with E-state index < -0.39 is 6.04 Å². The largest absolute Gasteiger partial charge is 0.497 e. The Labute approximate surface area is 127 Å². The fourth-order valence-electron chi connectivity index (χ4n) is 1.75. The number of nitrogens with one attached hydrogen (secondary N) is 2. The van der Waals surface area contributed by atoms with Crippen LogP contribution in [-0.2, 0) is 4.79 Å². The van der Waals surface area contributed by atoms with Crippen molar-refractivity contribution in [1.29, 1.82) is 0 Å². The Bertz CT molecular complexity index is 664. The number of aromatic nitrogens is 1. The molecule has 1 aromatic carbocycles. The highest BCUT2D eigenvalue weighted by molar-refractivity contribution is 6.00. The molecule has 2 aromatic rings. The number of aryl methyl sites for hydroxylation is 1. The Hall–Kier alpha value is -2.83. The minimum absolute atomic E-state index is 0.313. The van der Waals surface area contributed by atoms with Crippen molar-refractivity contribution in [3.05, 3.63) is 41.7 Å². The number of amides is 2. The summed E-state index contributed by atoms with van der Waals surface area (Å²) in [5, 5.41) is 8.83. The molecule has 0 bridgehead atoms. The average molecular weight is 303 g/mol. The first-order chi connectivity index (χ1) is 10.5. The van der Waals surface area contributed by atoms with Crippen LogP contribution in [0.1, 0.15) is 23.0 Å². The number of carbonyl (C=O) groups is 2. The molecule has 22 heavy (non-hydrogen) atoms. The number of benzene rings is 1. The summed E-state index contributed by atoms with van der Waals surface area (Å²) >= 11 is 0. The molecule has 0 radical (unpaired) electrons. The Morgan fingerprint density at radius 3 is 2.50 bits per heavy atom. The number of nitrogens with zero attached hydrogens (tertiary/aromatic N) is 1. The molecule has 0 aliphatic rings. The van der Waals surface area contributed by atoms with Gasteiger partial charge in [0.15, 0.2) is 5.82 Å². The number of rotatable bonds is 5. The normalized spacial score (nSPS) is 11.6. The molecule has 0 fully saturated rings. The lowest BCUT2D eigenvalue weighted by molar-refractivity contribution is -0.117. The van der Waals surface area contributed by atoms with Gasteiger partial charge in [-0.3, -0.25) is 9.59 Å². The van der Waals surface area contributed by atoms with Crippen molar-refractivity contribution in [3.63, 3.8) is 0 Å². The van der Waals surface area contributed by atoms with E-state index in [9.17, 15) is 9.59 Å². The van der Waals surface area contributed by atoms with Crippen molar-refractivity contribution >= 4 is 17.6 Å². The lowest BCUT2D eigenvalue weighted by Gasteiger charge is -2.13. The van der Waals surface area contributed by atoms with E-state index in [1.54, 1.807) is 51.3 Å². The van der Waals surface area contributed by atoms with Crippen LogP contribution in [0.3, 0.4) is 0 Å². The van der Waals surface area contributed by atoms with E-state index in [4.69, 9.17) is 9.26 Å². The van der Waals surface area contributed by atoms with Gasteiger partial charge >= 0.3 is 0 Å². The van der Waals surface area contributed by atoms with Gasteiger partial charge in [0.05, 0.1) is 7.11 Å². The van der Waals surface area contributed by atoms with Crippen LogP contribution in [0.15, 0.2) is 34.9 Å². The number of hydrogen-bond acceptors (Lipinski definition) is 5. The molecule has 0 saturated heterocycles. The van der Waals surface area contributed by atoms with Crippen molar-refractivity contribution in [2.24, 2.45) is 0 Å². The molecule has 7 nitrogen and oxygen atoms in total. The van der Waals surface area contributed by atoms with Crippen LogP contribution in [0.2, 0.25) is 0 Å². The van der Waals surface area contributed by atoms with Crippen LogP contribution in [0, 0.1) is 6.92 Å². The summed E-state index contributed by atoms with van der Waals surface area (Å²) in [4.78, 5) is 24.0. The topological polar surface area (TPSA) is 93.5 Å². The zero-order valence-corrected chi connectivity index (χ0v) is 12.5. The predicted octanol–water partition coefficient (Wildman–Crippen LogP) is 1.75. The van der Waals surface area contributed by atoms with E-state index in [1.165, 1.54) is 0 Å². The van der Waals surface area contributed by atoms with Gasteiger partial charge in [-0.25, -0.2) is 0 Å². The summed E-state index contributed by atoms with van der Waals surface area (Å²) in [5.41, 5.74) is 0.442. The van der Waals surface area contributed by atoms with Crippen LogP contribution in [-0.4, -0.2) is 30.1 Å². The minimum atomic E-state index is -0.716. The smallest absolute Gasteiger partial charge is 0.251 e. The van der Waals surface area contributed by atoms with Gasteiger partial charge in [-0.2, -0.15) is 0 Å². The monoisotopic (exact) mass is 303 g/mol. The number of methoxy groups -OCH3 is 1. The summed E-state index contributed by atoms with van der Waals surface area (Å²) in [6, 6.07) is 7.48. The van der Waals surface area contributed by atoms with Crippen LogP contribution in [0.4, 0.5) is 5.82 Å². The average Bonchev–Trinajstić information content (AvgIpc) is 2.92. The van der Waals surface area contributed by atoms with Gasteiger partial charge in [-0.1, -0.05) is 5.16 Å². The zero-order valence-electron chi connectivity index (χ0n) is 12.5. The molecule has 0 unspecified atom stereocenters. The van der Waals surface area contributed by atoms with Crippen molar-refractivity contribution in [2.45, 2.75) is 19.9 Å². The highest BCUT2D eigenvalue weighted by Crippen LogP contribution is 2.11. The fourth-order valence-corrected chi connectivity index (χ4v) is 1.75. The second-order valence-electron chi connectivity index (χ2n) is 4.74. The van der Waals surface area contributed by atoms with Crippen molar-refractivity contribution in [1.82, 2.24) is 10.5 Å². The Kier molecular flexibility index (Phi) is 4.77.